The van der Waals surface area contributed by atoms with E-state index in [0.29, 0.717) is 12.8 Å². The zero-order chi connectivity index (χ0) is 25.8. The van der Waals surface area contributed by atoms with Crippen LogP contribution in [-0.4, -0.2) is 72.0 Å². The van der Waals surface area contributed by atoms with Gasteiger partial charge in [0.15, 0.2) is 5.96 Å². The second-order valence-corrected chi connectivity index (χ2v) is 8.48. The number of carboxylic acids is 1. The molecule has 1 heterocycles. The molecule has 0 spiro atoms. The maximum atomic E-state index is 13.3. The lowest BCUT2D eigenvalue weighted by Gasteiger charge is -2.25. The highest BCUT2D eigenvalue weighted by Crippen LogP contribution is 2.09. The van der Waals surface area contributed by atoms with E-state index in [0.717, 1.165) is 18.5 Å². The van der Waals surface area contributed by atoms with Crippen LogP contribution in [0.3, 0.4) is 0 Å². The summed E-state index contributed by atoms with van der Waals surface area (Å²) in [6.07, 6.45) is 2.29. The molecule has 1 fully saturated rings. The van der Waals surface area contributed by atoms with Crippen LogP contribution >= 0.6 is 0 Å². The van der Waals surface area contributed by atoms with E-state index < -0.39 is 35.9 Å². The van der Waals surface area contributed by atoms with Crippen molar-refractivity contribution in [3.63, 3.8) is 0 Å². The van der Waals surface area contributed by atoms with Crippen LogP contribution < -0.4 is 32.7 Å². The molecule has 0 aromatic heterocycles. The lowest BCUT2D eigenvalue weighted by Crippen LogP contribution is -2.57. The molecule has 1 aliphatic rings. The Morgan fingerprint density at radius 2 is 1.77 bits per heavy atom. The maximum absolute atomic E-state index is 13.3. The molecule has 9 N–H and O–H groups in total. The number of aliphatic carboxylic acids is 1. The van der Waals surface area contributed by atoms with Gasteiger partial charge in [0, 0.05) is 13.0 Å². The van der Waals surface area contributed by atoms with Gasteiger partial charge in [-0.15, -0.1) is 0 Å². The molecule has 0 aliphatic carbocycles. The van der Waals surface area contributed by atoms with E-state index in [1.54, 1.807) is 0 Å². The van der Waals surface area contributed by atoms with Crippen LogP contribution in [0.5, 0.6) is 0 Å². The first kappa shape index (κ1) is 27.6. The maximum Gasteiger partial charge on any atom is 0.325 e. The van der Waals surface area contributed by atoms with Gasteiger partial charge in [-0.1, -0.05) is 30.3 Å². The van der Waals surface area contributed by atoms with Crippen molar-refractivity contribution in [2.24, 2.45) is 16.5 Å². The van der Waals surface area contributed by atoms with E-state index in [4.69, 9.17) is 16.6 Å². The predicted octanol–water partition coefficient (Wildman–Crippen LogP) is -1.41. The molecule has 12 heteroatoms. The van der Waals surface area contributed by atoms with Gasteiger partial charge in [0.05, 0.1) is 6.04 Å². The Hall–Kier alpha value is -3.67. The summed E-state index contributed by atoms with van der Waals surface area (Å²) < 4.78 is 0. The number of rotatable bonds is 13. The Balaban J connectivity index is 2.15. The van der Waals surface area contributed by atoms with Crippen LogP contribution in [0.4, 0.5) is 0 Å². The van der Waals surface area contributed by atoms with Crippen LogP contribution in [-0.2, 0) is 25.6 Å². The second-order valence-electron chi connectivity index (χ2n) is 8.48. The molecular formula is C23H35N7O5. The van der Waals surface area contributed by atoms with Gasteiger partial charge in [-0.2, -0.15) is 0 Å². The topological polar surface area (TPSA) is 201 Å². The summed E-state index contributed by atoms with van der Waals surface area (Å²) in [6.45, 7) is 2.28. The normalized spacial score (nSPS) is 17.5. The largest absolute Gasteiger partial charge is 0.480 e. The molecule has 35 heavy (non-hydrogen) atoms. The Morgan fingerprint density at radius 3 is 2.37 bits per heavy atom. The van der Waals surface area contributed by atoms with Crippen molar-refractivity contribution in [1.29, 1.82) is 0 Å². The van der Waals surface area contributed by atoms with Gasteiger partial charge in [-0.25, -0.2) is 0 Å². The van der Waals surface area contributed by atoms with Crippen molar-refractivity contribution in [3.05, 3.63) is 35.9 Å². The molecule has 0 bridgehead atoms. The van der Waals surface area contributed by atoms with Crippen molar-refractivity contribution >= 4 is 29.7 Å². The van der Waals surface area contributed by atoms with Gasteiger partial charge in [0.1, 0.15) is 18.1 Å². The molecule has 0 saturated carbocycles. The molecule has 0 radical (unpaired) electrons. The van der Waals surface area contributed by atoms with Gasteiger partial charge in [0.25, 0.3) is 0 Å². The van der Waals surface area contributed by atoms with Gasteiger partial charge >= 0.3 is 5.97 Å². The minimum atomic E-state index is -1.21. The Bertz CT molecular complexity index is 899. The number of nitrogens with zero attached hydrogens (tertiary/aromatic N) is 1. The number of carboxylic acid groups (broad SMARTS) is 1. The van der Waals surface area contributed by atoms with Gasteiger partial charge in [-0.05, 0) is 44.7 Å². The number of nitrogens with one attached hydrogen (secondary N) is 4. The molecule has 12 nitrogen and oxygen atoms in total. The minimum absolute atomic E-state index is 0.0966. The number of carbonyl (C=O) groups excluding carboxylic acids is 3. The zero-order valence-electron chi connectivity index (χ0n) is 19.8. The highest BCUT2D eigenvalue weighted by atomic mass is 16.4. The summed E-state index contributed by atoms with van der Waals surface area (Å²) in [5.41, 5.74) is 11.5. The molecule has 0 unspecified atom stereocenters. The van der Waals surface area contributed by atoms with Crippen molar-refractivity contribution in [2.75, 3.05) is 13.1 Å². The first-order chi connectivity index (χ1) is 16.7. The van der Waals surface area contributed by atoms with Crippen molar-refractivity contribution in [3.8, 4) is 0 Å². The number of guanidine groups is 1. The fraction of sp³-hybridized carbons (Fsp3) is 0.522. The average molecular weight is 490 g/mol. The summed E-state index contributed by atoms with van der Waals surface area (Å²) in [6, 6.07) is 5.69. The summed E-state index contributed by atoms with van der Waals surface area (Å²) in [5, 5.41) is 20.1. The zero-order valence-corrected chi connectivity index (χ0v) is 19.8. The molecule has 1 saturated heterocycles. The first-order valence-corrected chi connectivity index (χ1v) is 11.6. The number of hydrogen-bond acceptors (Lipinski definition) is 6. The van der Waals surface area contributed by atoms with E-state index in [-0.39, 0.29) is 37.3 Å². The molecule has 1 aromatic rings. The standard InChI is InChI=1S/C23H35N7O5/c1-14(22(34)35)28-20(32)17(10-6-12-27-23(24)25)29-21(33)18(13-15-7-3-2-4-8-15)30-19(31)16-9-5-11-26-16/h2-4,7-8,14,16-18,26H,5-6,9-13H2,1H3,(H,28,32)(H,29,33)(H,30,31)(H,34,35)(H4,24,25,27)/t14-,16-,17-,18-/m0/s1. The molecule has 1 aromatic carbocycles. The summed E-state index contributed by atoms with van der Waals surface area (Å²) >= 11 is 0. The van der Waals surface area contributed by atoms with Crippen LogP contribution in [0.15, 0.2) is 35.3 Å². The van der Waals surface area contributed by atoms with Crippen molar-refractivity contribution < 1.29 is 24.3 Å². The van der Waals surface area contributed by atoms with Gasteiger partial charge in [-0.3, -0.25) is 24.2 Å². The molecule has 2 rings (SSSR count). The highest BCUT2D eigenvalue weighted by molar-refractivity contribution is 5.94. The number of amides is 3. The number of hydrogen-bond donors (Lipinski definition) is 7. The third-order valence-electron chi connectivity index (χ3n) is 5.60. The van der Waals surface area contributed by atoms with Crippen molar-refractivity contribution in [2.45, 2.75) is 63.2 Å². The Kier molecular flexibility index (Phi) is 10.9. The van der Waals surface area contributed by atoms with Crippen LogP contribution in [0.25, 0.3) is 0 Å². The summed E-state index contributed by atoms with van der Waals surface area (Å²) in [4.78, 5) is 53.8. The molecule has 4 atom stereocenters. The third-order valence-corrected chi connectivity index (χ3v) is 5.60. The van der Waals surface area contributed by atoms with E-state index in [1.165, 1.54) is 6.92 Å². The SMILES string of the molecule is C[C@H](NC(=O)[C@H](CCCN=C(N)N)NC(=O)[C@H](Cc1ccccc1)NC(=O)[C@@H]1CCCN1)C(=O)O. The van der Waals surface area contributed by atoms with Crippen molar-refractivity contribution in [1.82, 2.24) is 21.3 Å². The predicted molar refractivity (Wildman–Crippen MR) is 130 cm³/mol. The highest BCUT2D eigenvalue weighted by Gasteiger charge is 2.30. The molecular weight excluding hydrogens is 454 g/mol. The first-order valence-electron chi connectivity index (χ1n) is 11.6. The van der Waals surface area contributed by atoms with Crippen LogP contribution in [0.1, 0.15) is 38.2 Å². The van der Waals surface area contributed by atoms with E-state index in [1.807, 2.05) is 30.3 Å². The Morgan fingerprint density at radius 1 is 1.09 bits per heavy atom. The van der Waals surface area contributed by atoms with Gasteiger partial charge < -0.3 is 37.8 Å². The number of benzene rings is 1. The monoisotopic (exact) mass is 489 g/mol. The number of nitrogens with two attached hydrogens (primary N) is 2. The smallest absolute Gasteiger partial charge is 0.325 e. The molecule has 1 aliphatic heterocycles. The second kappa shape index (κ2) is 13.9. The van der Waals surface area contributed by atoms with Crippen LogP contribution in [0, 0.1) is 0 Å². The van der Waals surface area contributed by atoms with Gasteiger partial charge in [0.2, 0.25) is 17.7 Å². The Labute approximate surface area is 204 Å². The molecule has 3 amide bonds. The van der Waals surface area contributed by atoms with Crippen LogP contribution in [0.2, 0.25) is 0 Å². The quantitative estimate of drug-likeness (QED) is 0.0995. The summed E-state index contributed by atoms with van der Waals surface area (Å²) in [7, 11) is 0. The van der Waals surface area contributed by atoms with E-state index >= 15 is 0 Å². The molecule has 192 valence electrons. The number of carbonyl (C=O) groups is 4. The lowest BCUT2D eigenvalue weighted by atomic mass is 10.0. The fourth-order valence-corrected chi connectivity index (χ4v) is 3.66. The van der Waals surface area contributed by atoms with E-state index in [9.17, 15) is 19.2 Å². The fourth-order valence-electron chi connectivity index (χ4n) is 3.66. The number of aliphatic imine (C=N–C) groups is 1. The summed E-state index contributed by atoms with van der Waals surface area (Å²) in [5.74, 6) is -2.79. The third kappa shape index (κ3) is 9.61. The minimum Gasteiger partial charge on any atom is -0.480 e. The lowest BCUT2D eigenvalue weighted by molar-refractivity contribution is -0.141. The average Bonchev–Trinajstić information content (AvgIpc) is 3.36. The van der Waals surface area contributed by atoms with E-state index in [2.05, 4.69) is 26.3 Å².